The Hall–Kier alpha value is -0.380. The van der Waals surface area contributed by atoms with Crippen molar-refractivity contribution < 1.29 is 0 Å². The second-order valence-corrected chi connectivity index (χ2v) is 6.39. The monoisotopic (exact) mass is 229 g/mol. The van der Waals surface area contributed by atoms with E-state index in [2.05, 4.69) is 30.7 Å². The van der Waals surface area contributed by atoms with Crippen molar-refractivity contribution in [2.24, 2.45) is 10.7 Å². The van der Waals surface area contributed by atoms with Gasteiger partial charge in [-0.1, -0.05) is 20.8 Å². The van der Waals surface area contributed by atoms with Crippen LogP contribution < -0.4 is 5.73 Å². The van der Waals surface area contributed by atoms with Gasteiger partial charge in [-0.05, 0) is 12.8 Å². The normalized spacial score (nSPS) is 22.6. The van der Waals surface area contributed by atoms with Crippen LogP contribution in [0.3, 0.4) is 0 Å². The van der Waals surface area contributed by atoms with E-state index in [9.17, 15) is 0 Å². The van der Waals surface area contributed by atoms with Gasteiger partial charge in [-0.2, -0.15) is 11.8 Å². The second kappa shape index (κ2) is 5.64. The summed E-state index contributed by atoms with van der Waals surface area (Å²) in [5, 5.41) is 0. The maximum Gasteiger partial charge on any atom is 0.191 e. The van der Waals surface area contributed by atoms with Gasteiger partial charge in [-0.15, -0.1) is 0 Å². The number of guanidine groups is 1. The van der Waals surface area contributed by atoms with E-state index in [1.54, 1.807) is 0 Å². The standard InChI is InChI=1S/C11H23N3S/c1-4-6-13-10(12)14-7-5-11(2,3)15-9-8-14/h4-9H2,1-3H3,(H2,12,13). The number of aliphatic imine (C=N–C) groups is 1. The van der Waals surface area contributed by atoms with Crippen LogP contribution in [0.2, 0.25) is 0 Å². The average Bonchev–Trinajstić information content (AvgIpc) is 2.36. The number of nitrogens with zero attached hydrogens (tertiary/aromatic N) is 2. The Morgan fingerprint density at radius 3 is 2.87 bits per heavy atom. The summed E-state index contributed by atoms with van der Waals surface area (Å²) in [6.07, 6.45) is 2.24. The van der Waals surface area contributed by atoms with E-state index in [-0.39, 0.29) is 0 Å². The van der Waals surface area contributed by atoms with E-state index < -0.39 is 0 Å². The van der Waals surface area contributed by atoms with Gasteiger partial charge in [-0.25, -0.2) is 0 Å². The number of thioether (sulfide) groups is 1. The summed E-state index contributed by atoms with van der Waals surface area (Å²) >= 11 is 2.03. The lowest BCUT2D eigenvalue weighted by atomic mass is 10.1. The first-order chi connectivity index (χ1) is 7.05. The van der Waals surface area contributed by atoms with E-state index in [1.165, 1.54) is 6.42 Å². The molecular weight excluding hydrogens is 206 g/mol. The van der Waals surface area contributed by atoms with Crippen LogP contribution in [0.5, 0.6) is 0 Å². The first kappa shape index (κ1) is 12.7. The van der Waals surface area contributed by atoms with Crippen molar-refractivity contribution in [3.8, 4) is 0 Å². The highest BCUT2D eigenvalue weighted by atomic mass is 32.2. The third kappa shape index (κ3) is 4.33. The summed E-state index contributed by atoms with van der Waals surface area (Å²) in [6.45, 7) is 9.66. The average molecular weight is 229 g/mol. The molecule has 0 radical (unpaired) electrons. The van der Waals surface area contributed by atoms with Crippen molar-refractivity contribution in [2.45, 2.75) is 38.4 Å². The molecule has 1 aliphatic heterocycles. The summed E-state index contributed by atoms with van der Waals surface area (Å²) in [7, 11) is 0. The third-order valence-corrected chi connectivity index (χ3v) is 4.03. The third-order valence-electron chi connectivity index (χ3n) is 2.66. The molecule has 1 fully saturated rings. The molecule has 1 heterocycles. The van der Waals surface area contributed by atoms with Gasteiger partial charge in [0.15, 0.2) is 5.96 Å². The van der Waals surface area contributed by atoms with Crippen molar-refractivity contribution in [1.29, 1.82) is 0 Å². The molecule has 0 saturated carbocycles. The number of hydrogen-bond acceptors (Lipinski definition) is 2. The fraction of sp³-hybridized carbons (Fsp3) is 0.909. The quantitative estimate of drug-likeness (QED) is 0.581. The maximum absolute atomic E-state index is 5.96. The molecule has 2 N–H and O–H groups in total. The molecule has 0 aromatic rings. The van der Waals surface area contributed by atoms with Crippen LogP contribution in [0.1, 0.15) is 33.6 Å². The minimum Gasteiger partial charge on any atom is -0.370 e. The minimum atomic E-state index is 0.389. The molecule has 0 unspecified atom stereocenters. The Bertz CT molecular complexity index is 226. The Morgan fingerprint density at radius 2 is 2.20 bits per heavy atom. The molecule has 0 spiro atoms. The van der Waals surface area contributed by atoms with Gasteiger partial charge in [0, 0.05) is 30.1 Å². The summed E-state index contributed by atoms with van der Waals surface area (Å²) in [5.41, 5.74) is 5.96. The van der Waals surface area contributed by atoms with Gasteiger partial charge in [0.05, 0.1) is 0 Å². The summed E-state index contributed by atoms with van der Waals surface area (Å²) in [4.78, 5) is 6.59. The van der Waals surface area contributed by atoms with Crippen LogP contribution >= 0.6 is 11.8 Å². The Labute approximate surface area is 97.5 Å². The number of rotatable bonds is 2. The minimum absolute atomic E-state index is 0.389. The zero-order valence-electron chi connectivity index (χ0n) is 10.1. The van der Waals surface area contributed by atoms with Gasteiger partial charge in [0.2, 0.25) is 0 Å². The van der Waals surface area contributed by atoms with E-state index in [0.29, 0.717) is 4.75 Å². The zero-order valence-corrected chi connectivity index (χ0v) is 10.9. The predicted molar refractivity (Wildman–Crippen MR) is 69.5 cm³/mol. The first-order valence-electron chi connectivity index (χ1n) is 5.74. The fourth-order valence-electron chi connectivity index (χ4n) is 1.58. The Morgan fingerprint density at radius 1 is 1.47 bits per heavy atom. The molecule has 15 heavy (non-hydrogen) atoms. The predicted octanol–water partition coefficient (Wildman–Crippen LogP) is 1.93. The number of hydrogen-bond donors (Lipinski definition) is 1. The highest BCUT2D eigenvalue weighted by Crippen LogP contribution is 2.30. The van der Waals surface area contributed by atoms with Crippen LogP contribution in [-0.4, -0.2) is 41.0 Å². The SMILES string of the molecule is CCCN=C(N)N1CCSC(C)(C)CC1. The first-order valence-corrected chi connectivity index (χ1v) is 6.72. The van der Waals surface area contributed by atoms with Crippen molar-refractivity contribution >= 4 is 17.7 Å². The van der Waals surface area contributed by atoms with Crippen LogP contribution in [0.25, 0.3) is 0 Å². The van der Waals surface area contributed by atoms with Crippen molar-refractivity contribution in [3.05, 3.63) is 0 Å². The van der Waals surface area contributed by atoms with Crippen molar-refractivity contribution in [2.75, 3.05) is 25.4 Å². The molecule has 1 saturated heterocycles. The molecule has 88 valence electrons. The largest absolute Gasteiger partial charge is 0.370 e. The molecule has 4 heteroatoms. The lowest BCUT2D eigenvalue weighted by Crippen LogP contribution is -2.39. The van der Waals surface area contributed by atoms with Gasteiger partial charge in [0.25, 0.3) is 0 Å². The number of nitrogens with two attached hydrogens (primary N) is 1. The van der Waals surface area contributed by atoms with Crippen LogP contribution in [0.4, 0.5) is 0 Å². The molecule has 3 nitrogen and oxygen atoms in total. The molecule has 0 aliphatic carbocycles. The lowest BCUT2D eigenvalue weighted by Gasteiger charge is -2.23. The van der Waals surface area contributed by atoms with Gasteiger partial charge < -0.3 is 10.6 Å². The molecular formula is C11H23N3S. The van der Waals surface area contributed by atoms with Crippen LogP contribution in [0.15, 0.2) is 4.99 Å². The van der Waals surface area contributed by atoms with E-state index >= 15 is 0 Å². The lowest BCUT2D eigenvalue weighted by molar-refractivity contribution is 0.417. The molecule has 1 aliphatic rings. The van der Waals surface area contributed by atoms with E-state index in [4.69, 9.17) is 5.73 Å². The molecule has 0 bridgehead atoms. The van der Waals surface area contributed by atoms with Gasteiger partial charge in [0.1, 0.15) is 0 Å². The van der Waals surface area contributed by atoms with Crippen molar-refractivity contribution in [1.82, 2.24) is 4.90 Å². The zero-order chi connectivity index (χ0) is 11.3. The second-order valence-electron chi connectivity index (χ2n) is 4.59. The summed E-state index contributed by atoms with van der Waals surface area (Å²) < 4.78 is 0.389. The summed E-state index contributed by atoms with van der Waals surface area (Å²) in [5.74, 6) is 1.88. The maximum atomic E-state index is 5.96. The molecule has 1 rings (SSSR count). The van der Waals surface area contributed by atoms with Gasteiger partial charge >= 0.3 is 0 Å². The summed E-state index contributed by atoms with van der Waals surface area (Å²) in [6, 6.07) is 0. The Kier molecular flexibility index (Phi) is 4.77. The highest BCUT2D eigenvalue weighted by Gasteiger charge is 2.24. The van der Waals surface area contributed by atoms with Crippen LogP contribution in [-0.2, 0) is 0 Å². The molecule has 0 atom stereocenters. The van der Waals surface area contributed by atoms with E-state index in [0.717, 1.165) is 37.8 Å². The van der Waals surface area contributed by atoms with Gasteiger partial charge in [-0.3, -0.25) is 4.99 Å². The highest BCUT2D eigenvalue weighted by molar-refractivity contribution is 8.00. The Balaban J connectivity index is 2.50. The van der Waals surface area contributed by atoms with Crippen LogP contribution in [0, 0.1) is 0 Å². The molecule has 0 aromatic heterocycles. The topological polar surface area (TPSA) is 41.6 Å². The van der Waals surface area contributed by atoms with E-state index in [1.807, 2.05) is 11.8 Å². The smallest absolute Gasteiger partial charge is 0.191 e. The molecule has 0 amide bonds. The van der Waals surface area contributed by atoms with Crippen molar-refractivity contribution in [3.63, 3.8) is 0 Å². The fourth-order valence-corrected chi connectivity index (χ4v) is 2.68. The molecule has 0 aromatic carbocycles.